The van der Waals surface area contributed by atoms with Gasteiger partial charge in [-0.05, 0) is 52.2 Å². The van der Waals surface area contributed by atoms with Gasteiger partial charge in [-0.3, -0.25) is 4.79 Å². The summed E-state index contributed by atoms with van der Waals surface area (Å²) in [4.78, 5) is 13.1. The lowest BCUT2D eigenvalue weighted by atomic mass is 10.1. The van der Waals surface area contributed by atoms with Crippen molar-refractivity contribution in [2.75, 3.05) is 26.5 Å². The van der Waals surface area contributed by atoms with Crippen LogP contribution in [0.15, 0.2) is 51.8 Å². The maximum Gasteiger partial charge on any atom is 0.220 e. The monoisotopic (exact) mass is 423 g/mol. The van der Waals surface area contributed by atoms with Crippen molar-refractivity contribution in [2.45, 2.75) is 17.7 Å². The van der Waals surface area contributed by atoms with Crippen molar-refractivity contribution in [3.8, 4) is 11.5 Å². The lowest BCUT2D eigenvalue weighted by molar-refractivity contribution is -0.120. The number of nitrogens with one attached hydrogen (secondary N) is 1. The molecule has 2 aromatic rings. The van der Waals surface area contributed by atoms with Crippen LogP contribution < -0.4 is 14.8 Å². The van der Waals surface area contributed by atoms with Crippen molar-refractivity contribution in [3.63, 3.8) is 0 Å². The molecule has 0 aliphatic carbocycles. The van der Waals surface area contributed by atoms with E-state index in [0.29, 0.717) is 24.5 Å². The molecule has 1 N–H and O–H groups in total. The zero-order valence-corrected chi connectivity index (χ0v) is 16.8. The average Bonchev–Trinajstić information content (AvgIpc) is 2.63. The highest BCUT2D eigenvalue weighted by atomic mass is 79.9. The minimum absolute atomic E-state index is 0.0695. The van der Waals surface area contributed by atoms with E-state index in [2.05, 4.69) is 21.2 Å². The Morgan fingerprint density at radius 2 is 1.88 bits per heavy atom. The molecule has 1 amide bonds. The SMILES string of the molecule is COc1ccc(CCNC(=O)CCSc2ccccc2Br)cc1OC. The lowest BCUT2D eigenvalue weighted by Gasteiger charge is -2.10. The molecule has 134 valence electrons. The highest BCUT2D eigenvalue weighted by molar-refractivity contribution is 9.10. The van der Waals surface area contributed by atoms with E-state index in [1.54, 1.807) is 26.0 Å². The molecule has 0 saturated heterocycles. The second-order valence-corrected chi connectivity index (χ2v) is 7.31. The van der Waals surface area contributed by atoms with E-state index in [4.69, 9.17) is 9.47 Å². The molecule has 0 spiro atoms. The normalized spacial score (nSPS) is 10.4. The van der Waals surface area contributed by atoms with Gasteiger partial charge in [0.15, 0.2) is 11.5 Å². The number of rotatable bonds is 9. The molecule has 4 nitrogen and oxygen atoms in total. The topological polar surface area (TPSA) is 47.6 Å². The van der Waals surface area contributed by atoms with E-state index in [1.165, 1.54) is 0 Å². The molecular formula is C19H22BrNO3S. The minimum Gasteiger partial charge on any atom is -0.493 e. The fourth-order valence-corrected chi connectivity index (χ4v) is 3.80. The highest BCUT2D eigenvalue weighted by Crippen LogP contribution is 2.28. The van der Waals surface area contributed by atoms with Gasteiger partial charge in [0.25, 0.3) is 0 Å². The summed E-state index contributed by atoms with van der Waals surface area (Å²) >= 11 is 5.19. The fourth-order valence-electron chi connectivity index (χ4n) is 2.29. The van der Waals surface area contributed by atoms with Crippen molar-refractivity contribution in [1.29, 1.82) is 0 Å². The number of hydrogen-bond donors (Lipinski definition) is 1. The summed E-state index contributed by atoms with van der Waals surface area (Å²) in [6.45, 7) is 0.605. The Bertz CT molecular complexity index is 709. The predicted molar refractivity (Wildman–Crippen MR) is 106 cm³/mol. The molecule has 2 rings (SSSR count). The van der Waals surface area contributed by atoms with Gasteiger partial charge in [0.1, 0.15) is 0 Å². The van der Waals surface area contributed by atoms with Gasteiger partial charge in [-0.25, -0.2) is 0 Å². The molecular weight excluding hydrogens is 402 g/mol. The summed E-state index contributed by atoms with van der Waals surface area (Å²) in [5.41, 5.74) is 1.10. The molecule has 0 heterocycles. The van der Waals surface area contributed by atoms with Gasteiger partial charge >= 0.3 is 0 Å². The standard InChI is InChI=1S/C19H22BrNO3S/c1-23-16-8-7-14(13-17(16)24-2)9-11-21-19(22)10-12-25-18-6-4-3-5-15(18)20/h3-8,13H,9-12H2,1-2H3,(H,21,22). The van der Waals surface area contributed by atoms with Crippen molar-refractivity contribution >= 4 is 33.6 Å². The molecule has 0 bridgehead atoms. The molecule has 0 aliphatic rings. The Labute approximate surface area is 161 Å². The fraction of sp³-hybridized carbons (Fsp3) is 0.316. The molecule has 0 saturated carbocycles. The summed E-state index contributed by atoms with van der Waals surface area (Å²) in [5, 5.41) is 2.96. The van der Waals surface area contributed by atoms with Gasteiger partial charge in [0.2, 0.25) is 5.91 Å². The van der Waals surface area contributed by atoms with Crippen LogP contribution in [0.4, 0.5) is 0 Å². The van der Waals surface area contributed by atoms with Crippen molar-refractivity contribution in [1.82, 2.24) is 5.32 Å². The Hall–Kier alpha value is -1.66. The number of hydrogen-bond acceptors (Lipinski definition) is 4. The summed E-state index contributed by atoms with van der Waals surface area (Å²) in [6, 6.07) is 13.8. The first kappa shape index (κ1) is 19.7. The zero-order valence-electron chi connectivity index (χ0n) is 14.4. The van der Waals surface area contributed by atoms with E-state index in [9.17, 15) is 4.79 Å². The summed E-state index contributed by atoms with van der Waals surface area (Å²) in [7, 11) is 3.23. The third-order valence-corrected chi connectivity index (χ3v) is 5.64. The number of halogens is 1. The molecule has 0 atom stereocenters. The zero-order chi connectivity index (χ0) is 18.1. The van der Waals surface area contributed by atoms with Crippen LogP contribution in [0.3, 0.4) is 0 Å². The first-order valence-electron chi connectivity index (χ1n) is 7.99. The number of carbonyl (C=O) groups excluding carboxylic acids is 1. The van der Waals surface area contributed by atoms with Crippen LogP contribution in [0.25, 0.3) is 0 Å². The smallest absolute Gasteiger partial charge is 0.220 e. The summed E-state index contributed by atoms with van der Waals surface area (Å²) in [6.07, 6.45) is 1.25. The van der Waals surface area contributed by atoms with Gasteiger partial charge in [-0.2, -0.15) is 0 Å². The van der Waals surface area contributed by atoms with Crippen LogP contribution in [-0.2, 0) is 11.2 Å². The van der Waals surface area contributed by atoms with Gasteiger partial charge in [0, 0.05) is 28.1 Å². The van der Waals surface area contributed by atoms with Crippen LogP contribution in [0, 0.1) is 0 Å². The Morgan fingerprint density at radius 1 is 1.12 bits per heavy atom. The largest absolute Gasteiger partial charge is 0.493 e. The van der Waals surface area contributed by atoms with Crippen LogP contribution >= 0.6 is 27.7 Å². The molecule has 25 heavy (non-hydrogen) atoms. The van der Waals surface area contributed by atoms with E-state index < -0.39 is 0 Å². The number of thioether (sulfide) groups is 1. The molecule has 2 aromatic carbocycles. The van der Waals surface area contributed by atoms with E-state index >= 15 is 0 Å². The predicted octanol–water partition coefficient (Wildman–Crippen LogP) is 4.31. The van der Waals surface area contributed by atoms with Crippen molar-refractivity contribution in [3.05, 3.63) is 52.5 Å². The Balaban J connectivity index is 1.71. The number of carbonyl (C=O) groups is 1. The summed E-state index contributed by atoms with van der Waals surface area (Å²) in [5.74, 6) is 2.24. The molecule has 0 radical (unpaired) electrons. The van der Waals surface area contributed by atoms with Crippen molar-refractivity contribution < 1.29 is 14.3 Å². The van der Waals surface area contributed by atoms with Gasteiger partial charge in [-0.1, -0.05) is 18.2 Å². The highest BCUT2D eigenvalue weighted by Gasteiger charge is 2.06. The minimum atomic E-state index is 0.0695. The number of amides is 1. The third-order valence-electron chi connectivity index (χ3n) is 3.61. The maximum atomic E-state index is 12.0. The van der Waals surface area contributed by atoms with E-state index in [1.807, 2.05) is 42.5 Å². The first-order valence-corrected chi connectivity index (χ1v) is 9.77. The first-order chi connectivity index (χ1) is 12.1. The second kappa shape index (κ2) is 10.4. The summed E-state index contributed by atoms with van der Waals surface area (Å²) < 4.78 is 11.6. The van der Waals surface area contributed by atoms with Gasteiger partial charge < -0.3 is 14.8 Å². The van der Waals surface area contributed by atoms with E-state index in [0.717, 1.165) is 27.1 Å². The Kier molecular flexibility index (Phi) is 8.15. The average molecular weight is 424 g/mol. The van der Waals surface area contributed by atoms with Crippen LogP contribution in [-0.4, -0.2) is 32.4 Å². The maximum absolute atomic E-state index is 12.0. The van der Waals surface area contributed by atoms with Crippen LogP contribution in [0.2, 0.25) is 0 Å². The molecule has 0 aliphatic heterocycles. The number of benzene rings is 2. The Morgan fingerprint density at radius 3 is 2.60 bits per heavy atom. The third kappa shape index (κ3) is 6.29. The van der Waals surface area contributed by atoms with Crippen molar-refractivity contribution in [2.24, 2.45) is 0 Å². The van der Waals surface area contributed by atoms with Gasteiger partial charge in [-0.15, -0.1) is 11.8 Å². The van der Waals surface area contributed by atoms with Crippen LogP contribution in [0.5, 0.6) is 11.5 Å². The molecule has 0 fully saturated rings. The number of ether oxygens (including phenoxy) is 2. The molecule has 0 unspecified atom stereocenters. The second-order valence-electron chi connectivity index (χ2n) is 5.32. The van der Waals surface area contributed by atoms with Crippen LogP contribution in [0.1, 0.15) is 12.0 Å². The van der Waals surface area contributed by atoms with Gasteiger partial charge in [0.05, 0.1) is 14.2 Å². The number of methoxy groups -OCH3 is 2. The van der Waals surface area contributed by atoms with E-state index in [-0.39, 0.29) is 5.91 Å². The molecule has 6 heteroatoms. The lowest BCUT2D eigenvalue weighted by Crippen LogP contribution is -2.25. The molecule has 0 aromatic heterocycles. The quantitative estimate of drug-likeness (QED) is 0.610.